The quantitative estimate of drug-likeness (QED) is 0.428. The second-order valence-electron chi connectivity index (χ2n) is 9.99. The number of aromatic nitrogens is 1. The molecule has 0 N–H and O–H groups in total. The number of hydrogen-bond donors (Lipinski definition) is 0. The van der Waals surface area contributed by atoms with Gasteiger partial charge in [0.15, 0.2) is 0 Å². The van der Waals surface area contributed by atoms with Gasteiger partial charge in [0.25, 0.3) is 0 Å². The highest BCUT2D eigenvalue weighted by molar-refractivity contribution is 7.84. The lowest BCUT2D eigenvalue weighted by molar-refractivity contribution is 0.412. The van der Waals surface area contributed by atoms with Gasteiger partial charge in [0, 0.05) is 17.3 Å². The van der Waals surface area contributed by atoms with Crippen LogP contribution in [0.3, 0.4) is 0 Å². The molecule has 0 aromatic carbocycles. The fraction of sp³-hybridized carbons (Fsp3) is 0.846. The molecule has 164 valence electrons. The smallest absolute Gasteiger partial charge is 0.127 e. The van der Waals surface area contributed by atoms with Gasteiger partial charge in [-0.3, -0.25) is 3.97 Å². The highest BCUT2D eigenvalue weighted by Crippen LogP contribution is 2.47. The Morgan fingerprint density at radius 2 is 1.55 bits per heavy atom. The second-order valence-corrected chi connectivity index (χ2v) is 11.6. The standard InChI is InChI=1S/C26H43NOS/c1-3-5-17-22(4-2)29(28)27-24-19-12-18-23(24)25(20-13-8-6-9-14-20)26(27)21-15-10-7-11-16-21/h20-22H,3-19H2,1-2H3. The van der Waals surface area contributed by atoms with Crippen molar-refractivity contribution in [2.75, 3.05) is 0 Å². The predicted molar refractivity (Wildman–Crippen MR) is 125 cm³/mol. The van der Waals surface area contributed by atoms with Gasteiger partial charge in [-0.2, -0.15) is 0 Å². The minimum Gasteiger partial charge on any atom is -0.267 e. The van der Waals surface area contributed by atoms with Crippen molar-refractivity contribution < 1.29 is 4.21 Å². The van der Waals surface area contributed by atoms with E-state index in [1.54, 1.807) is 16.8 Å². The van der Waals surface area contributed by atoms with Gasteiger partial charge >= 0.3 is 0 Å². The molecular formula is C26H43NOS. The third-order valence-electron chi connectivity index (χ3n) is 8.06. The molecule has 3 aliphatic carbocycles. The van der Waals surface area contributed by atoms with E-state index in [4.69, 9.17) is 0 Å². The van der Waals surface area contributed by atoms with Crippen molar-refractivity contribution >= 4 is 11.0 Å². The van der Waals surface area contributed by atoms with Gasteiger partial charge in [-0.25, -0.2) is 4.21 Å². The summed E-state index contributed by atoms with van der Waals surface area (Å²) in [6.07, 6.45) is 22.0. The summed E-state index contributed by atoms with van der Waals surface area (Å²) in [7, 11) is -0.885. The van der Waals surface area contributed by atoms with E-state index in [1.807, 2.05) is 0 Å². The Bertz CT molecular complexity index is 694. The molecule has 1 heterocycles. The molecule has 2 nitrogen and oxygen atoms in total. The molecule has 0 aliphatic heterocycles. The van der Waals surface area contributed by atoms with Crippen molar-refractivity contribution in [3.8, 4) is 0 Å². The maximum atomic E-state index is 14.1. The fourth-order valence-corrected chi connectivity index (χ4v) is 8.31. The SMILES string of the molecule is CCCCC(CC)S(=O)n1c2c(c(C3CCCCC3)c1C1CCCCC1)CCC2. The van der Waals surface area contributed by atoms with E-state index in [2.05, 4.69) is 17.8 Å². The monoisotopic (exact) mass is 417 g/mol. The summed E-state index contributed by atoms with van der Waals surface area (Å²) in [6.45, 7) is 4.52. The molecule has 0 bridgehead atoms. The van der Waals surface area contributed by atoms with Crippen molar-refractivity contribution in [2.45, 2.75) is 140 Å². The minimum atomic E-state index is -0.885. The highest BCUT2D eigenvalue weighted by atomic mass is 32.2. The van der Waals surface area contributed by atoms with E-state index in [0.29, 0.717) is 11.2 Å². The molecule has 2 fully saturated rings. The van der Waals surface area contributed by atoms with Gasteiger partial charge in [-0.15, -0.1) is 0 Å². The first-order valence-corrected chi connectivity index (χ1v) is 14.1. The summed E-state index contributed by atoms with van der Waals surface area (Å²) in [5.41, 5.74) is 6.47. The van der Waals surface area contributed by atoms with Crippen LogP contribution in [0.25, 0.3) is 0 Å². The van der Waals surface area contributed by atoms with Crippen LogP contribution in [0, 0.1) is 0 Å². The number of nitrogens with zero attached hydrogens (tertiary/aromatic N) is 1. The molecule has 4 rings (SSSR count). The van der Waals surface area contributed by atoms with Gasteiger partial charge in [0.05, 0.1) is 5.25 Å². The first kappa shape index (κ1) is 21.7. The average Bonchev–Trinajstić information content (AvgIpc) is 3.35. The summed E-state index contributed by atoms with van der Waals surface area (Å²) >= 11 is 0. The Balaban J connectivity index is 1.79. The molecule has 29 heavy (non-hydrogen) atoms. The molecule has 1 aromatic rings. The largest absolute Gasteiger partial charge is 0.267 e. The molecule has 0 amide bonds. The number of unbranched alkanes of at least 4 members (excludes halogenated alkanes) is 1. The van der Waals surface area contributed by atoms with Crippen LogP contribution in [-0.2, 0) is 23.8 Å². The van der Waals surface area contributed by atoms with Crippen LogP contribution in [0.15, 0.2) is 0 Å². The average molecular weight is 418 g/mol. The number of hydrogen-bond acceptors (Lipinski definition) is 1. The van der Waals surface area contributed by atoms with Gasteiger partial charge in [0.1, 0.15) is 11.0 Å². The van der Waals surface area contributed by atoms with Crippen molar-refractivity contribution in [1.29, 1.82) is 0 Å². The Hall–Kier alpha value is -0.570. The molecular weight excluding hydrogens is 374 g/mol. The predicted octanol–water partition coefficient (Wildman–Crippen LogP) is 7.55. The van der Waals surface area contributed by atoms with Crippen LogP contribution in [-0.4, -0.2) is 13.4 Å². The van der Waals surface area contributed by atoms with Crippen LogP contribution in [0.1, 0.15) is 145 Å². The Labute approximate surface area is 181 Å². The van der Waals surface area contributed by atoms with Crippen LogP contribution >= 0.6 is 0 Å². The summed E-state index contributed by atoms with van der Waals surface area (Å²) in [5, 5.41) is 0.327. The summed E-state index contributed by atoms with van der Waals surface area (Å²) < 4.78 is 16.6. The summed E-state index contributed by atoms with van der Waals surface area (Å²) in [5.74, 6) is 1.42. The Kier molecular flexibility index (Phi) is 7.59. The number of fused-ring (bicyclic) bond motifs is 1. The minimum absolute atomic E-state index is 0.327. The van der Waals surface area contributed by atoms with E-state index in [9.17, 15) is 4.21 Å². The second kappa shape index (κ2) is 10.2. The van der Waals surface area contributed by atoms with Crippen LogP contribution < -0.4 is 0 Å². The normalized spacial score (nSPS) is 23.2. The lowest BCUT2D eigenvalue weighted by Crippen LogP contribution is -2.26. The zero-order valence-corrected chi connectivity index (χ0v) is 19.8. The van der Waals surface area contributed by atoms with Crippen molar-refractivity contribution in [3.05, 3.63) is 22.5 Å². The first-order valence-electron chi connectivity index (χ1n) is 12.9. The third-order valence-corrected chi connectivity index (χ3v) is 9.98. The zero-order chi connectivity index (χ0) is 20.2. The van der Waals surface area contributed by atoms with Crippen LogP contribution in [0.4, 0.5) is 0 Å². The van der Waals surface area contributed by atoms with E-state index >= 15 is 0 Å². The molecule has 3 aliphatic rings. The van der Waals surface area contributed by atoms with Crippen molar-refractivity contribution in [3.63, 3.8) is 0 Å². The van der Waals surface area contributed by atoms with E-state index in [-0.39, 0.29) is 0 Å². The van der Waals surface area contributed by atoms with Crippen molar-refractivity contribution in [1.82, 2.24) is 3.97 Å². The molecule has 1 aromatic heterocycles. The van der Waals surface area contributed by atoms with E-state index in [0.717, 1.165) is 25.2 Å². The topological polar surface area (TPSA) is 22.0 Å². The van der Waals surface area contributed by atoms with Gasteiger partial charge < -0.3 is 0 Å². The Morgan fingerprint density at radius 3 is 2.17 bits per heavy atom. The van der Waals surface area contributed by atoms with E-state index in [1.165, 1.54) is 95.6 Å². The number of rotatable bonds is 8. The van der Waals surface area contributed by atoms with E-state index < -0.39 is 11.0 Å². The first-order chi connectivity index (χ1) is 14.3. The molecule has 3 heteroatoms. The molecule has 2 atom stereocenters. The summed E-state index contributed by atoms with van der Waals surface area (Å²) in [4.78, 5) is 0. The van der Waals surface area contributed by atoms with Crippen LogP contribution in [0.5, 0.6) is 0 Å². The fourth-order valence-electron chi connectivity index (χ4n) is 6.49. The van der Waals surface area contributed by atoms with Gasteiger partial charge in [0.2, 0.25) is 0 Å². The zero-order valence-electron chi connectivity index (χ0n) is 19.0. The Morgan fingerprint density at radius 1 is 0.897 bits per heavy atom. The van der Waals surface area contributed by atoms with Crippen molar-refractivity contribution in [2.24, 2.45) is 0 Å². The summed E-state index contributed by atoms with van der Waals surface area (Å²) in [6, 6.07) is 0. The molecule has 0 spiro atoms. The maximum absolute atomic E-state index is 14.1. The molecule has 2 unspecified atom stereocenters. The molecule has 0 saturated heterocycles. The molecule has 0 radical (unpaired) electrons. The lowest BCUT2D eigenvalue weighted by atomic mass is 9.77. The third kappa shape index (κ3) is 4.41. The lowest BCUT2D eigenvalue weighted by Gasteiger charge is -2.30. The van der Waals surface area contributed by atoms with Gasteiger partial charge in [-0.05, 0) is 74.8 Å². The highest BCUT2D eigenvalue weighted by Gasteiger charge is 2.37. The van der Waals surface area contributed by atoms with Gasteiger partial charge in [-0.1, -0.05) is 65.2 Å². The van der Waals surface area contributed by atoms with Crippen LogP contribution in [0.2, 0.25) is 0 Å². The maximum Gasteiger partial charge on any atom is 0.127 e. The molecule has 2 saturated carbocycles.